The fraction of sp³-hybridized carbons (Fsp3) is 0.0833. The third-order valence-corrected chi connectivity index (χ3v) is 3.40. The summed E-state index contributed by atoms with van der Waals surface area (Å²) >= 11 is 0. The van der Waals surface area contributed by atoms with Gasteiger partial charge in [-0.05, 0) is 23.8 Å². The minimum atomic E-state index is -3.67. The Morgan fingerprint density at radius 3 is 2.47 bits per heavy atom. The Balaban J connectivity index is 2.05. The van der Waals surface area contributed by atoms with E-state index in [0.717, 1.165) is 5.56 Å². The zero-order chi connectivity index (χ0) is 13.9. The van der Waals surface area contributed by atoms with Crippen LogP contribution in [0.3, 0.4) is 0 Å². The van der Waals surface area contributed by atoms with E-state index >= 15 is 0 Å². The Labute approximate surface area is 110 Å². The van der Waals surface area contributed by atoms with Crippen LogP contribution in [0.2, 0.25) is 0 Å². The molecule has 1 heterocycles. The first-order valence-corrected chi connectivity index (χ1v) is 6.97. The van der Waals surface area contributed by atoms with Crippen LogP contribution in [0.5, 0.6) is 0 Å². The largest absolute Gasteiger partial charge is 0.381 e. The Kier molecular flexibility index (Phi) is 3.77. The lowest BCUT2D eigenvalue weighted by atomic mass is 10.2. The molecule has 0 bridgehead atoms. The maximum atomic E-state index is 12.8. The molecule has 0 unspecified atom stereocenters. The van der Waals surface area contributed by atoms with Gasteiger partial charge in [0.2, 0.25) is 16.0 Å². The van der Waals surface area contributed by atoms with Crippen molar-refractivity contribution in [1.29, 1.82) is 0 Å². The maximum absolute atomic E-state index is 12.8. The van der Waals surface area contributed by atoms with E-state index in [9.17, 15) is 12.8 Å². The molecule has 0 spiro atoms. The normalized spacial score (nSPS) is 11.3. The number of nitrogens with zero attached hydrogens (tertiary/aromatic N) is 1. The van der Waals surface area contributed by atoms with E-state index < -0.39 is 16.0 Å². The van der Waals surface area contributed by atoms with Crippen molar-refractivity contribution >= 4 is 15.7 Å². The fourth-order valence-electron chi connectivity index (χ4n) is 1.51. The zero-order valence-corrected chi connectivity index (χ0v) is 10.7. The van der Waals surface area contributed by atoms with E-state index in [2.05, 4.69) is 10.3 Å². The summed E-state index contributed by atoms with van der Waals surface area (Å²) in [6.45, 7) is 0.439. The predicted octanol–water partition coefficient (Wildman–Crippen LogP) is 1.48. The van der Waals surface area contributed by atoms with Crippen molar-refractivity contribution in [2.24, 2.45) is 5.14 Å². The lowest BCUT2D eigenvalue weighted by Gasteiger charge is -2.06. The summed E-state index contributed by atoms with van der Waals surface area (Å²) in [5, 5.41) is 8.00. The van der Waals surface area contributed by atoms with Crippen molar-refractivity contribution < 1.29 is 12.8 Å². The molecule has 1 aromatic carbocycles. The number of primary sulfonamides is 1. The van der Waals surface area contributed by atoms with Gasteiger partial charge in [0.05, 0.1) is 4.90 Å². The van der Waals surface area contributed by atoms with Crippen molar-refractivity contribution in [2.75, 3.05) is 5.32 Å². The first kappa shape index (κ1) is 13.4. The molecular weight excluding hydrogens is 269 g/mol. The van der Waals surface area contributed by atoms with Crippen molar-refractivity contribution in [3.05, 3.63) is 54.1 Å². The van der Waals surface area contributed by atoms with Gasteiger partial charge in [-0.1, -0.05) is 12.1 Å². The number of rotatable bonds is 4. The number of hydrogen-bond donors (Lipinski definition) is 2. The molecular formula is C12H12FN3O2S. The minimum absolute atomic E-state index is 0.0613. The lowest BCUT2D eigenvalue weighted by Crippen LogP contribution is -2.12. The number of sulfonamides is 1. The summed E-state index contributed by atoms with van der Waals surface area (Å²) in [5.41, 5.74) is 1.45. The first-order valence-electron chi connectivity index (χ1n) is 5.42. The van der Waals surface area contributed by atoms with Crippen LogP contribution in [0.1, 0.15) is 5.56 Å². The predicted molar refractivity (Wildman–Crippen MR) is 69.3 cm³/mol. The van der Waals surface area contributed by atoms with Crippen LogP contribution in [-0.2, 0) is 16.6 Å². The van der Waals surface area contributed by atoms with Crippen LogP contribution in [0, 0.1) is 5.95 Å². The van der Waals surface area contributed by atoms with E-state index in [1.807, 2.05) is 0 Å². The second-order valence-electron chi connectivity index (χ2n) is 3.91. The quantitative estimate of drug-likeness (QED) is 0.831. The number of halogens is 1. The molecule has 5 nitrogen and oxygen atoms in total. The number of benzene rings is 1. The molecule has 0 radical (unpaired) electrons. The van der Waals surface area contributed by atoms with Crippen molar-refractivity contribution in [1.82, 2.24) is 4.98 Å². The van der Waals surface area contributed by atoms with Gasteiger partial charge in [-0.3, -0.25) is 0 Å². The van der Waals surface area contributed by atoms with Crippen LogP contribution in [0.15, 0.2) is 47.5 Å². The molecule has 2 rings (SSSR count). The highest BCUT2D eigenvalue weighted by Gasteiger charge is 2.06. The number of anilines is 1. The summed E-state index contributed by atoms with van der Waals surface area (Å²) in [6.07, 6.45) is 1.36. The van der Waals surface area contributed by atoms with Gasteiger partial charge in [0, 0.05) is 24.5 Å². The van der Waals surface area contributed by atoms with Gasteiger partial charge in [-0.15, -0.1) is 0 Å². The van der Waals surface area contributed by atoms with E-state index in [1.165, 1.54) is 24.4 Å². The van der Waals surface area contributed by atoms with Crippen molar-refractivity contribution in [3.63, 3.8) is 0 Å². The van der Waals surface area contributed by atoms with Gasteiger partial charge in [-0.2, -0.15) is 4.39 Å². The maximum Gasteiger partial charge on any atom is 0.238 e. The van der Waals surface area contributed by atoms with Crippen LogP contribution in [0.25, 0.3) is 0 Å². The summed E-state index contributed by atoms with van der Waals surface area (Å²) < 4.78 is 35.0. The number of nitrogens with one attached hydrogen (secondary N) is 1. The minimum Gasteiger partial charge on any atom is -0.381 e. The van der Waals surface area contributed by atoms with Crippen molar-refractivity contribution in [3.8, 4) is 0 Å². The monoisotopic (exact) mass is 281 g/mol. The van der Waals surface area contributed by atoms with E-state index in [0.29, 0.717) is 12.2 Å². The summed E-state index contributed by atoms with van der Waals surface area (Å²) in [5.74, 6) is -0.561. The van der Waals surface area contributed by atoms with Crippen LogP contribution >= 0.6 is 0 Å². The van der Waals surface area contributed by atoms with Gasteiger partial charge in [0.1, 0.15) is 0 Å². The average Bonchev–Trinajstić information content (AvgIpc) is 2.36. The highest BCUT2D eigenvalue weighted by molar-refractivity contribution is 7.89. The highest BCUT2D eigenvalue weighted by atomic mass is 32.2. The second kappa shape index (κ2) is 5.33. The molecule has 0 atom stereocenters. The van der Waals surface area contributed by atoms with Gasteiger partial charge >= 0.3 is 0 Å². The number of aromatic nitrogens is 1. The molecule has 19 heavy (non-hydrogen) atoms. The Morgan fingerprint density at radius 2 is 1.89 bits per heavy atom. The molecule has 0 aliphatic carbocycles. The number of pyridine rings is 1. The summed E-state index contributed by atoms with van der Waals surface area (Å²) in [7, 11) is -3.67. The number of nitrogens with two attached hydrogens (primary N) is 1. The van der Waals surface area contributed by atoms with Crippen LogP contribution in [-0.4, -0.2) is 13.4 Å². The molecule has 2 aromatic rings. The topological polar surface area (TPSA) is 85.1 Å². The van der Waals surface area contributed by atoms with E-state index in [-0.39, 0.29) is 4.90 Å². The van der Waals surface area contributed by atoms with Crippen LogP contribution in [0.4, 0.5) is 10.1 Å². The molecule has 0 fully saturated rings. The third kappa shape index (κ3) is 3.73. The third-order valence-electron chi connectivity index (χ3n) is 2.48. The smallest absolute Gasteiger partial charge is 0.238 e. The molecule has 0 saturated carbocycles. The van der Waals surface area contributed by atoms with Gasteiger partial charge in [0.25, 0.3) is 0 Å². The Bertz CT molecular complexity index is 672. The lowest BCUT2D eigenvalue weighted by molar-refractivity contribution is 0.584. The highest BCUT2D eigenvalue weighted by Crippen LogP contribution is 2.12. The SMILES string of the molecule is NS(=O)(=O)c1ccc(CNc2ccnc(F)c2)cc1. The molecule has 7 heteroatoms. The van der Waals surface area contributed by atoms with Crippen LogP contribution < -0.4 is 10.5 Å². The zero-order valence-electron chi connectivity index (χ0n) is 9.88. The van der Waals surface area contributed by atoms with E-state index in [4.69, 9.17) is 5.14 Å². The molecule has 3 N–H and O–H groups in total. The molecule has 0 aliphatic rings. The summed E-state index contributed by atoms with van der Waals surface area (Å²) in [4.78, 5) is 3.51. The molecule has 1 aromatic heterocycles. The number of hydrogen-bond acceptors (Lipinski definition) is 4. The molecule has 100 valence electrons. The van der Waals surface area contributed by atoms with Gasteiger partial charge < -0.3 is 5.32 Å². The molecule has 0 aliphatic heterocycles. The van der Waals surface area contributed by atoms with Gasteiger partial charge in [0.15, 0.2) is 0 Å². The Morgan fingerprint density at radius 1 is 1.21 bits per heavy atom. The standard InChI is InChI=1S/C12H12FN3O2S/c13-12-7-10(5-6-15-12)16-8-9-1-3-11(4-2-9)19(14,17)18/h1-7H,8H2,(H,15,16)(H2,14,17,18). The first-order chi connectivity index (χ1) is 8.95. The molecule has 0 saturated heterocycles. The Hall–Kier alpha value is -1.99. The summed E-state index contributed by atoms with van der Waals surface area (Å²) in [6, 6.07) is 9.06. The van der Waals surface area contributed by atoms with Gasteiger partial charge in [-0.25, -0.2) is 18.5 Å². The molecule has 0 amide bonds. The second-order valence-corrected chi connectivity index (χ2v) is 5.47. The fourth-order valence-corrected chi connectivity index (χ4v) is 2.03. The van der Waals surface area contributed by atoms with Crippen molar-refractivity contribution in [2.45, 2.75) is 11.4 Å². The van der Waals surface area contributed by atoms with E-state index in [1.54, 1.807) is 18.2 Å². The average molecular weight is 281 g/mol.